The maximum Gasteiger partial charge on any atom is 0.219 e. The molecular formula is C12H11FN2O2. The SMILES string of the molecule is NC(=O)CCn1ccc(=O)c2cc(F)ccc21. The Morgan fingerprint density at radius 3 is 2.82 bits per heavy atom. The van der Waals surface area contributed by atoms with E-state index in [4.69, 9.17) is 5.73 Å². The molecule has 0 aliphatic carbocycles. The smallest absolute Gasteiger partial charge is 0.219 e. The second-order valence-corrected chi connectivity index (χ2v) is 3.75. The van der Waals surface area contributed by atoms with Gasteiger partial charge in [0.15, 0.2) is 5.43 Å². The van der Waals surface area contributed by atoms with Gasteiger partial charge in [0.25, 0.3) is 0 Å². The largest absolute Gasteiger partial charge is 0.370 e. The van der Waals surface area contributed by atoms with Crippen molar-refractivity contribution in [2.45, 2.75) is 13.0 Å². The molecule has 0 atom stereocenters. The van der Waals surface area contributed by atoms with E-state index in [1.807, 2.05) is 0 Å². The molecule has 1 aromatic carbocycles. The number of carbonyl (C=O) groups excluding carboxylic acids is 1. The Bertz CT molecular complexity index is 634. The molecule has 88 valence electrons. The number of amides is 1. The van der Waals surface area contributed by atoms with Gasteiger partial charge in [-0.15, -0.1) is 0 Å². The van der Waals surface area contributed by atoms with E-state index in [-0.39, 0.29) is 11.8 Å². The Kier molecular flexibility index (Phi) is 2.91. The molecule has 0 unspecified atom stereocenters. The molecular weight excluding hydrogens is 223 g/mol. The number of halogens is 1. The van der Waals surface area contributed by atoms with Crippen molar-refractivity contribution in [3.8, 4) is 0 Å². The van der Waals surface area contributed by atoms with E-state index >= 15 is 0 Å². The van der Waals surface area contributed by atoms with Crippen LogP contribution in [-0.4, -0.2) is 10.5 Å². The van der Waals surface area contributed by atoms with Crippen molar-refractivity contribution in [2.24, 2.45) is 5.73 Å². The number of hydrogen-bond acceptors (Lipinski definition) is 2. The van der Waals surface area contributed by atoms with E-state index in [0.717, 1.165) is 0 Å². The maximum atomic E-state index is 13.0. The highest BCUT2D eigenvalue weighted by molar-refractivity contribution is 5.79. The summed E-state index contributed by atoms with van der Waals surface area (Å²) in [4.78, 5) is 22.3. The summed E-state index contributed by atoms with van der Waals surface area (Å²) >= 11 is 0. The molecule has 0 fully saturated rings. The molecule has 0 saturated heterocycles. The van der Waals surface area contributed by atoms with Crippen LogP contribution in [-0.2, 0) is 11.3 Å². The summed E-state index contributed by atoms with van der Waals surface area (Å²) in [6, 6.07) is 5.34. The molecule has 1 amide bonds. The molecule has 0 radical (unpaired) electrons. The first-order valence-electron chi connectivity index (χ1n) is 5.15. The zero-order valence-electron chi connectivity index (χ0n) is 9.02. The normalized spacial score (nSPS) is 10.6. The number of rotatable bonds is 3. The van der Waals surface area contributed by atoms with Gasteiger partial charge in [-0.05, 0) is 18.2 Å². The molecule has 4 nitrogen and oxygen atoms in total. The van der Waals surface area contributed by atoms with Crippen LogP contribution >= 0.6 is 0 Å². The zero-order chi connectivity index (χ0) is 12.4. The predicted octanol–water partition coefficient (Wildman–Crippen LogP) is 1.02. The van der Waals surface area contributed by atoms with Crippen molar-refractivity contribution in [3.63, 3.8) is 0 Å². The number of fused-ring (bicyclic) bond motifs is 1. The third kappa shape index (κ3) is 2.33. The maximum absolute atomic E-state index is 13.0. The lowest BCUT2D eigenvalue weighted by atomic mass is 10.2. The molecule has 2 rings (SSSR count). The summed E-state index contributed by atoms with van der Waals surface area (Å²) in [7, 11) is 0. The molecule has 2 N–H and O–H groups in total. The summed E-state index contributed by atoms with van der Waals surface area (Å²) < 4.78 is 14.7. The number of pyridine rings is 1. The minimum Gasteiger partial charge on any atom is -0.370 e. The lowest BCUT2D eigenvalue weighted by Crippen LogP contribution is -2.15. The van der Waals surface area contributed by atoms with E-state index < -0.39 is 11.7 Å². The molecule has 0 spiro atoms. The Morgan fingerprint density at radius 2 is 2.12 bits per heavy atom. The summed E-state index contributed by atoms with van der Waals surface area (Å²) in [5.41, 5.74) is 5.42. The minimum absolute atomic E-state index is 0.176. The molecule has 1 heterocycles. The Labute approximate surface area is 96.5 Å². The van der Waals surface area contributed by atoms with Crippen LogP contribution in [0, 0.1) is 5.82 Å². The van der Waals surface area contributed by atoms with Gasteiger partial charge in [0, 0.05) is 30.6 Å². The van der Waals surface area contributed by atoms with Gasteiger partial charge in [0.05, 0.1) is 5.52 Å². The van der Waals surface area contributed by atoms with Crippen LogP contribution in [0.1, 0.15) is 6.42 Å². The number of nitrogens with two attached hydrogens (primary N) is 1. The highest BCUT2D eigenvalue weighted by atomic mass is 19.1. The van der Waals surface area contributed by atoms with Gasteiger partial charge in [-0.3, -0.25) is 9.59 Å². The Morgan fingerprint density at radius 1 is 1.35 bits per heavy atom. The number of aromatic nitrogens is 1. The van der Waals surface area contributed by atoms with Crippen molar-refractivity contribution in [1.82, 2.24) is 4.57 Å². The molecule has 2 aromatic rings. The minimum atomic E-state index is -0.456. The van der Waals surface area contributed by atoms with Gasteiger partial charge in [0.2, 0.25) is 5.91 Å². The Hall–Kier alpha value is -2.17. The summed E-state index contributed by atoms with van der Waals surface area (Å²) in [6.07, 6.45) is 1.75. The number of aryl methyl sites for hydroxylation is 1. The van der Waals surface area contributed by atoms with E-state index in [2.05, 4.69) is 0 Å². The average Bonchev–Trinajstić information content (AvgIpc) is 2.28. The highest BCUT2D eigenvalue weighted by Crippen LogP contribution is 2.12. The van der Waals surface area contributed by atoms with Crippen molar-refractivity contribution in [1.29, 1.82) is 0 Å². The monoisotopic (exact) mass is 234 g/mol. The lowest BCUT2D eigenvalue weighted by Gasteiger charge is -2.09. The lowest BCUT2D eigenvalue weighted by molar-refractivity contribution is -0.118. The van der Waals surface area contributed by atoms with Gasteiger partial charge < -0.3 is 10.3 Å². The molecule has 5 heteroatoms. The number of benzene rings is 1. The van der Waals surface area contributed by atoms with Crippen LogP contribution in [0.3, 0.4) is 0 Å². The first-order chi connectivity index (χ1) is 8.08. The molecule has 0 bridgehead atoms. The van der Waals surface area contributed by atoms with E-state index in [1.54, 1.807) is 10.8 Å². The standard InChI is InChI=1S/C12H11FN2O2/c13-8-1-2-10-9(7-8)11(16)3-5-15(10)6-4-12(14)17/h1-3,5,7H,4,6H2,(H2,14,17). The Balaban J connectivity index is 2.54. The van der Waals surface area contributed by atoms with Gasteiger partial charge >= 0.3 is 0 Å². The van der Waals surface area contributed by atoms with Gasteiger partial charge in [-0.1, -0.05) is 0 Å². The van der Waals surface area contributed by atoms with Gasteiger partial charge in [-0.2, -0.15) is 0 Å². The number of hydrogen-bond donors (Lipinski definition) is 1. The van der Waals surface area contributed by atoms with E-state index in [1.165, 1.54) is 24.3 Å². The quantitative estimate of drug-likeness (QED) is 0.861. The third-order valence-electron chi connectivity index (χ3n) is 2.54. The van der Waals surface area contributed by atoms with Crippen LogP contribution in [0.2, 0.25) is 0 Å². The second kappa shape index (κ2) is 4.37. The summed E-state index contributed by atoms with van der Waals surface area (Å²) in [5.74, 6) is -0.874. The van der Waals surface area contributed by atoms with Crippen LogP contribution < -0.4 is 11.2 Å². The fraction of sp³-hybridized carbons (Fsp3) is 0.167. The van der Waals surface area contributed by atoms with Gasteiger partial charge in [-0.25, -0.2) is 4.39 Å². The number of primary amides is 1. The zero-order valence-corrected chi connectivity index (χ0v) is 9.02. The number of carbonyl (C=O) groups is 1. The van der Waals surface area contributed by atoms with E-state index in [0.29, 0.717) is 17.4 Å². The fourth-order valence-electron chi connectivity index (χ4n) is 1.71. The molecule has 0 aliphatic heterocycles. The third-order valence-corrected chi connectivity index (χ3v) is 2.54. The van der Waals surface area contributed by atoms with Crippen molar-refractivity contribution < 1.29 is 9.18 Å². The fourth-order valence-corrected chi connectivity index (χ4v) is 1.71. The summed E-state index contributed by atoms with van der Waals surface area (Å²) in [6.45, 7) is 0.373. The van der Waals surface area contributed by atoms with E-state index in [9.17, 15) is 14.0 Å². The predicted molar refractivity (Wildman–Crippen MR) is 62.0 cm³/mol. The van der Waals surface area contributed by atoms with Crippen LogP contribution in [0.4, 0.5) is 4.39 Å². The van der Waals surface area contributed by atoms with Crippen LogP contribution in [0.25, 0.3) is 10.9 Å². The van der Waals surface area contributed by atoms with Crippen molar-refractivity contribution >= 4 is 16.8 Å². The van der Waals surface area contributed by atoms with Crippen molar-refractivity contribution in [2.75, 3.05) is 0 Å². The first kappa shape index (κ1) is 11.3. The van der Waals surface area contributed by atoms with Crippen LogP contribution in [0.5, 0.6) is 0 Å². The van der Waals surface area contributed by atoms with Gasteiger partial charge in [0.1, 0.15) is 5.82 Å². The topological polar surface area (TPSA) is 65.1 Å². The molecule has 0 saturated carbocycles. The molecule has 1 aromatic heterocycles. The van der Waals surface area contributed by atoms with Crippen molar-refractivity contribution in [3.05, 3.63) is 46.5 Å². The summed E-state index contributed by atoms with van der Waals surface area (Å²) in [5, 5.41) is 0.303. The molecule has 0 aliphatic rings. The average molecular weight is 234 g/mol. The van der Waals surface area contributed by atoms with Crippen LogP contribution in [0.15, 0.2) is 35.3 Å². The highest BCUT2D eigenvalue weighted by Gasteiger charge is 2.04. The number of nitrogens with zero attached hydrogens (tertiary/aromatic N) is 1. The first-order valence-corrected chi connectivity index (χ1v) is 5.15. The second-order valence-electron chi connectivity index (χ2n) is 3.75. The molecule has 17 heavy (non-hydrogen) atoms.